The fourth-order valence-corrected chi connectivity index (χ4v) is 1.53. The molecule has 0 bridgehead atoms. The smallest absolute Gasteiger partial charge is 0.0709 e. The number of aromatic amines is 1. The van der Waals surface area contributed by atoms with Gasteiger partial charge in [0.25, 0.3) is 0 Å². The molecule has 1 unspecified atom stereocenters. The molecule has 0 saturated carbocycles. The zero-order valence-electron chi connectivity index (χ0n) is 9.20. The largest absolute Gasteiger partial charge is 0.397 e. The van der Waals surface area contributed by atoms with Crippen molar-refractivity contribution in [2.24, 2.45) is 0 Å². The third kappa shape index (κ3) is 2.09. The Bertz CT molecular complexity index is 480. The standard InChI is InChI=1S/C11H16N4O/c1-2-8(16)6-13-11-4-10-7(3-9(11)12)5-14-15-10/h3-5,8,13,16H,2,6,12H2,1H3,(H,14,15). The average molecular weight is 220 g/mol. The number of nitrogens with zero attached hydrogens (tertiary/aromatic N) is 1. The van der Waals surface area contributed by atoms with Crippen LogP contribution < -0.4 is 11.1 Å². The first-order valence-electron chi connectivity index (χ1n) is 5.35. The van der Waals surface area contributed by atoms with Crippen molar-refractivity contribution >= 4 is 22.3 Å². The van der Waals surface area contributed by atoms with Gasteiger partial charge < -0.3 is 16.2 Å². The second-order valence-corrected chi connectivity index (χ2v) is 3.84. The maximum Gasteiger partial charge on any atom is 0.0709 e. The van der Waals surface area contributed by atoms with E-state index in [0.717, 1.165) is 23.0 Å². The number of aliphatic hydroxyl groups excluding tert-OH is 1. The lowest BCUT2D eigenvalue weighted by Gasteiger charge is -2.12. The number of hydrogen-bond donors (Lipinski definition) is 4. The Morgan fingerprint density at radius 2 is 2.38 bits per heavy atom. The van der Waals surface area contributed by atoms with Crippen LogP contribution in [0.15, 0.2) is 18.3 Å². The lowest BCUT2D eigenvalue weighted by atomic mass is 10.2. The molecule has 0 aliphatic carbocycles. The normalized spacial score (nSPS) is 12.9. The second kappa shape index (κ2) is 4.40. The van der Waals surface area contributed by atoms with E-state index >= 15 is 0 Å². The number of anilines is 2. The van der Waals surface area contributed by atoms with Crippen LogP contribution in [0.2, 0.25) is 0 Å². The highest BCUT2D eigenvalue weighted by Gasteiger charge is 2.05. The molecule has 0 radical (unpaired) electrons. The van der Waals surface area contributed by atoms with Gasteiger partial charge in [0.15, 0.2) is 0 Å². The molecule has 0 amide bonds. The van der Waals surface area contributed by atoms with Gasteiger partial charge in [-0.1, -0.05) is 6.92 Å². The van der Waals surface area contributed by atoms with Gasteiger partial charge in [-0.25, -0.2) is 0 Å². The Kier molecular flexibility index (Phi) is 2.96. The minimum atomic E-state index is -0.350. The van der Waals surface area contributed by atoms with E-state index in [0.29, 0.717) is 12.2 Å². The highest BCUT2D eigenvalue weighted by Crippen LogP contribution is 2.24. The third-order valence-electron chi connectivity index (χ3n) is 2.61. The molecule has 5 N–H and O–H groups in total. The zero-order valence-corrected chi connectivity index (χ0v) is 9.20. The molecule has 86 valence electrons. The average Bonchev–Trinajstić information content (AvgIpc) is 2.72. The molecule has 2 rings (SSSR count). The van der Waals surface area contributed by atoms with Crippen molar-refractivity contribution in [3.63, 3.8) is 0 Å². The predicted octanol–water partition coefficient (Wildman–Crippen LogP) is 1.33. The van der Waals surface area contributed by atoms with Gasteiger partial charge in [-0.2, -0.15) is 5.10 Å². The monoisotopic (exact) mass is 220 g/mol. The van der Waals surface area contributed by atoms with Gasteiger partial charge in [0, 0.05) is 11.9 Å². The number of benzene rings is 1. The van der Waals surface area contributed by atoms with Gasteiger partial charge in [0.05, 0.1) is 29.2 Å². The zero-order chi connectivity index (χ0) is 11.5. The van der Waals surface area contributed by atoms with E-state index < -0.39 is 0 Å². The molecule has 1 atom stereocenters. The molecule has 5 heteroatoms. The fraction of sp³-hybridized carbons (Fsp3) is 0.364. The molecule has 0 fully saturated rings. The van der Waals surface area contributed by atoms with Crippen LogP contribution in [0.5, 0.6) is 0 Å². The van der Waals surface area contributed by atoms with Gasteiger partial charge in [-0.3, -0.25) is 5.10 Å². The highest BCUT2D eigenvalue weighted by atomic mass is 16.3. The van der Waals surface area contributed by atoms with Crippen molar-refractivity contribution < 1.29 is 5.11 Å². The van der Waals surface area contributed by atoms with E-state index in [-0.39, 0.29) is 6.10 Å². The van der Waals surface area contributed by atoms with E-state index in [4.69, 9.17) is 5.73 Å². The molecule has 2 aromatic rings. The number of aromatic nitrogens is 2. The molecular formula is C11H16N4O. The van der Waals surface area contributed by atoms with Crippen LogP contribution in [0.3, 0.4) is 0 Å². The molecular weight excluding hydrogens is 204 g/mol. The van der Waals surface area contributed by atoms with Gasteiger partial charge in [-0.15, -0.1) is 0 Å². The minimum Gasteiger partial charge on any atom is -0.397 e. The summed E-state index contributed by atoms with van der Waals surface area (Å²) in [6.45, 7) is 2.44. The fourth-order valence-electron chi connectivity index (χ4n) is 1.53. The SMILES string of the molecule is CCC(O)CNc1cc2[nH]ncc2cc1N. The topological polar surface area (TPSA) is 87.0 Å². The molecule has 0 aliphatic rings. The molecule has 16 heavy (non-hydrogen) atoms. The maximum absolute atomic E-state index is 9.46. The first kappa shape index (κ1) is 10.8. The third-order valence-corrected chi connectivity index (χ3v) is 2.61. The van der Waals surface area contributed by atoms with Crippen molar-refractivity contribution in [2.45, 2.75) is 19.4 Å². The van der Waals surface area contributed by atoms with E-state index in [9.17, 15) is 5.11 Å². The summed E-state index contributed by atoms with van der Waals surface area (Å²) in [7, 11) is 0. The molecule has 1 aromatic heterocycles. The van der Waals surface area contributed by atoms with E-state index in [2.05, 4.69) is 15.5 Å². The summed E-state index contributed by atoms with van der Waals surface area (Å²) in [4.78, 5) is 0. The van der Waals surface area contributed by atoms with E-state index in [1.54, 1.807) is 6.20 Å². The molecule has 1 aromatic carbocycles. The number of nitrogens with one attached hydrogen (secondary N) is 2. The van der Waals surface area contributed by atoms with Gasteiger partial charge in [-0.05, 0) is 18.6 Å². The number of H-pyrrole nitrogens is 1. The number of rotatable bonds is 4. The van der Waals surface area contributed by atoms with Crippen LogP contribution in [0.4, 0.5) is 11.4 Å². The number of aliphatic hydroxyl groups is 1. The summed E-state index contributed by atoms with van der Waals surface area (Å²) < 4.78 is 0. The lowest BCUT2D eigenvalue weighted by Crippen LogP contribution is -2.18. The number of nitrogens with two attached hydrogens (primary N) is 1. The van der Waals surface area contributed by atoms with E-state index in [1.807, 2.05) is 19.1 Å². The Morgan fingerprint density at radius 1 is 1.56 bits per heavy atom. The van der Waals surface area contributed by atoms with Crippen molar-refractivity contribution in [1.82, 2.24) is 10.2 Å². The van der Waals surface area contributed by atoms with E-state index in [1.165, 1.54) is 0 Å². The van der Waals surface area contributed by atoms with Crippen LogP contribution >= 0.6 is 0 Å². The summed E-state index contributed by atoms with van der Waals surface area (Å²) in [5, 5.41) is 20.4. The highest BCUT2D eigenvalue weighted by molar-refractivity contribution is 5.88. The van der Waals surface area contributed by atoms with Crippen LogP contribution in [0.25, 0.3) is 10.9 Å². The second-order valence-electron chi connectivity index (χ2n) is 3.84. The Hall–Kier alpha value is -1.75. The molecule has 0 spiro atoms. The predicted molar refractivity (Wildman–Crippen MR) is 65.3 cm³/mol. The first-order valence-corrected chi connectivity index (χ1v) is 5.35. The molecule has 1 heterocycles. The summed E-state index contributed by atoms with van der Waals surface area (Å²) in [5.74, 6) is 0. The first-order chi connectivity index (χ1) is 7.70. The minimum absolute atomic E-state index is 0.350. The van der Waals surface area contributed by atoms with Gasteiger partial charge in [0.1, 0.15) is 0 Å². The summed E-state index contributed by atoms with van der Waals surface area (Å²) in [6.07, 6.45) is 2.10. The molecule has 0 aliphatic heterocycles. The van der Waals surface area contributed by atoms with Crippen LogP contribution in [-0.2, 0) is 0 Å². The van der Waals surface area contributed by atoms with Crippen LogP contribution in [0.1, 0.15) is 13.3 Å². The summed E-state index contributed by atoms with van der Waals surface area (Å²) in [5.41, 5.74) is 8.31. The quantitative estimate of drug-likeness (QED) is 0.585. The summed E-state index contributed by atoms with van der Waals surface area (Å²) >= 11 is 0. The lowest BCUT2D eigenvalue weighted by molar-refractivity contribution is 0.183. The van der Waals surface area contributed by atoms with Gasteiger partial charge in [0.2, 0.25) is 0 Å². The van der Waals surface area contributed by atoms with Crippen molar-refractivity contribution in [3.8, 4) is 0 Å². The number of fused-ring (bicyclic) bond motifs is 1. The molecule has 5 nitrogen and oxygen atoms in total. The van der Waals surface area contributed by atoms with Gasteiger partial charge >= 0.3 is 0 Å². The summed E-state index contributed by atoms with van der Waals surface area (Å²) in [6, 6.07) is 3.76. The molecule has 0 saturated heterocycles. The Labute approximate surface area is 93.7 Å². The Morgan fingerprint density at radius 3 is 3.12 bits per heavy atom. The van der Waals surface area contributed by atoms with Crippen molar-refractivity contribution in [3.05, 3.63) is 18.3 Å². The number of nitrogen functional groups attached to an aromatic ring is 1. The maximum atomic E-state index is 9.46. The number of hydrogen-bond acceptors (Lipinski definition) is 4. The van der Waals surface area contributed by atoms with Crippen molar-refractivity contribution in [1.29, 1.82) is 0 Å². The van der Waals surface area contributed by atoms with Crippen LogP contribution in [0, 0.1) is 0 Å². The van der Waals surface area contributed by atoms with Crippen LogP contribution in [-0.4, -0.2) is 28.0 Å². The van der Waals surface area contributed by atoms with Crippen molar-refractivity contribution in [2.75, 3.05) is 17.6 Å². The Balaban J connectivity index is 2.19.